The molecule has 3 aromatic rings. The minimum Gasteiger partial charge on any atom is -0.478 e. The van der Waals surface area contributed by atoms with E-state index in [4.69, 9.17) is 4.74 Å². The van der Waals surface area contributed by atoms with Gasteiger partial charge in [0.2, 0.25) is 16.1 Å². The van der Waals surface area contributed by atoms with Gasteiger partial charge in [0.15, 0.2) is 0 Å². The lowest BCUT2D eigenvalue weighted by molar-refractivity contribution is -0.145. The molecular formula is C22H19F2NO5S. The van der Waals surface area contributed by atoms with Gasteiger partial charge in [-0.05, 0) is 54.1 Å². The first kappa shape index (κ1) is 22.4. The van der Waals surface area contributed by atoms with Gasteiger partial charge >= 0.3 is 5.97 Å². The molecule has 162 valence electrons. The number of hydrogen-bond acceptors (Lipinski definition) is 4. The molecule has 0 heterocycles. The van der Waals surface area contributed by atoms with Gasteiger partial charge in [0, 0.05) is 19.2 Å². The van der Waals surface area contributed by atoms with Crippen LogP contribution in [0.4, 0.5) is 8.78 Å². The summed E-state index contributed by atoms with van der Waals surface area (Å²) in [5.41, 5.74) is 0.778. The molecule has 0 bridgehead atoms. The molecule has 0 aliphatic rings. The van der Waals surface area contributed by atoms with Crippen molar-refractivity contribution in [2.75, 3.05) is 7.05 Å². The maximum absolute atomic E-state index is 13.4. The highest BCUT2D eigenvalue weighted by Gasteiger charge is 2.23. The molecule has 9 heteroatoms. The summed E-state index contributed by atoms with van der Waals surface area (Å²) in [6.07, 6.45) is -1.40. The molecule has 1 atom stereocenters. The lowest BCUT2D eigenvalue weighted by Crippen LogP contribution is -2.26. The Morgan fingerprint density at radius 1 is 1.00 bits per heavy atom. The summed E-state index contributed by atoms with van der Waals surface area (Å²) < 4.78 is 58.3. The van der Waals surface area contributed by atoms with Crippen LogP contribution < -0.4 is 4.74 Å². The Kier molecular flexibility index (Phi) is 6.67. The van der Waals surface area contributed by atoms with Crippen LogP contribution in [0.2, 0.25) is 0 Å². The summed E-state index contributed by atoms with van der Waals surface area (Å²) in [6.45, 7) is 0.0340. The molecule has 0 fully saturated rings. The van der Waals surface area contributed by atoms with E-state index in [1.807, 2.05) is 0 Å². The molecule has 31 heavy (non-hydrogen) atoms. The van der Waals surface area contributed by atoms with Crippen LogP contribution in [-0.4, -0.2) is 30.8 Å². The Hall–Kier alpha value is -3.30. The smallest absolute Gasteiger partial charge is 0.349 e. The van der Waals surface area contributed by atoms with E-state index in [9.17, 15) is 27.1 Å². The molecule has 0 aliphatic heterocycles. The Balaban J connectivity index is 1.72. The standard InChI is InChI=1S/C22H19F2NO5S/c1-25(31(28,29)20-11-7-17(23)8-12-20)14-15-5-9-19(10-6-15)30-21(22(26)27)16-3-2-4-18(24)13-16/h2-13,21H,14H2,1H3,(H,26,27). The Morgan fingerprint density at radius 3 is 2.23 bits per heavy atom. The fraction of sp³-hybridized carbons (Fsp3) is 0.136. The van der Waals surface area contributed by atoms with Gasteiger partial charge in [0.25, 0.3) is 0 Å². The van der Waals surface area contributed by atoms with Crippen molar-refractivity contribution < 1.29 is 31.8 Å². The second kappa shape index (κ2) is 9.23. The summed E-state index contributed by atoms with van der Waals surface area (Å²) in [5, 5.41) is 9.42. The van der Waals surface area contributed by atoms with E-state index in [0.29, 0.717) is 5.56 Å². The molecule has 0 aromatic heterocycles. The summed E-state index contributed by atoms with van der Waals surface area (Å²) >= 11 is 0. The number of ether oxygens (including phenoxy) is 1. The molecule has 0 aliphatic carbocycles. The molecule has 1 N–H and O–H groups in total. The van der Waals surface area contributed by atoms with Gasteiger partial charge in [-0.2, -0.15) is 4.31 Å². The molecule has 6 nitrogen and oxygen atoms in total. The third-order valence-corrected chi connectivity index (χ3v) is 6.30. The number of carboxylic acid groups (broad SMARTS) is 1. The number of sulfonamides is 1. The summed E-state index contributed by atoms with van der Waals surface area (Å²) in [6, 6.07) is 15.9. The molecule has 0 saturated heterocycles. The third-order valence-electron chi connectivity index (χ3n) is 4.48. The molecule has 0 saturated carbocycles. The summed E-state index contributed by atoms with van der Waals surface area (Å²) in [7, 11) is -2.42. The van der Waals surface area contributed by atoms with Crippen molar-refractivity contribution >= 4 is 16.0 Å². The number of hydrogen-bond donors (Lipinski definition) is 1. The molecule has 0 amide bonds. The van der Waals surface area contributed by atoms with Crippen molar-refractivity contribution in [1.29, 1.82) is 0 Å². The van der Waals surface area contributed by atoms with E-state index in [1.54, 1.807) is 12.1 Å². The SMILES string of the molecule is CN(Cc1ccc(OC(C(=O)O)c2cccc(F)c2)cc1)S(=O)(=O)c1ccc(F)cc1. The highest BCUT2D eigenvalue weighted by atomic mass is 32.2. The van der Waals surface area contributed by atoms with Gasteiger partial charge in [-0.15, -0.1) is 0 Å². The number of rotatable bonds is 8. The number of carboxylic acids is 1. The van der Waals surface area contributed by atoms with Gasteiger partial charge in [0.05, 0.1) is 4.90 Å². The third kappa shape index (κ3) is 5.44. The van der Waals surface area contributed by atoms with Crippen LogP contribution in [-0.2, 0) is 21.4 Å². The van der Waals surface area contributed by atoms with E-state index in [2.05, 4.69) is 0 Å². The molecule has 1 unspecified atom stereocenters. The fourth-order valence-electron chi connectivity index (χ4n) is 2.87. The lowest BCUT2D eigenvalue weighted by Gasteiger charge is -2.18. The topological polar surface area (TPSA) is 83.9 Å². The lowest BCUT2D eigenvalue weighted by atomic mass is 10.1. The van der Waals surface area contributed by atoms with Crippen LogP contribution in [0.5, 0.6) is 5.75 Å². The second-order valence-electron chi connectivity index (χ2n) is 6.75. The van der Waals surface area contributed by atoms with Crippen molar-refractivity contribution in [3.05, 3.63) is 95.6 Å². The number of benzene rings is 3. The van der Waals surface area contributed by atoms with Gasteiger partial charge in [0.1, 0.15) is 17.4 Å². The van der Waals surface area contributed by atoms with Gasteiger partial charge in [-0.25, -0.2) is 22.0 Å². The first-order chi connectivity index (χ1) is 14.7. The summed E-state index contributed by atoms with van der Waals surface area (Å²) in [5.74, 6) is -2.16. The number of aliphatic carboxylic acids is 1. The average Bonchev–Trinajstić information content (AvgIpc) is 2.73. The highest BCUT2D eigenvalue weighted by molar-refractivity contribution is 7.89. The second-order valence-corrected chi connectivity index (χ2v) is 8.79. The summed E-state index contributed by atoms with van der Waals surface area (Å²) in [4.78, 5) is 11.5. The van der Waals surface area contributed by atoms with Crippen molar-refractivity contribution in [2.45, 2.75) is 17.5 Å². The van der Waals surface area contributed by atoms with Crippen molar-refractivity contribution in [3.8, 4) is 5.75 Å². The van der Waals surface area contributed by atoms with Crippen LogP contribution in [0.15, 0.2) is 77.7 Å². The van der Waals surface area contributed by atoms with Gasteiger partial charge in [-0.3, -0.25) is 0 Å². The molecule has 0 spiro atoms. The fourth-order valence-corrected chi connectivity index (χ4v) is 4.03. The van der Waals surface area contributed by atoms with E-state index in [-0.39, 0.29) is 22.8 Å². The first-order valence-electron chi connectivity index (χ1n) is 9.12. The zero-order valence-corrected chi connectivity index (χ0v) is 17.2. The zero-order valence-electron chi connectivity index (χ0n) is 16.4. The first-order valence-corrected chi connectivity index (χ1v) is 10.6. The maximum Gasteiger partial charge on any atom is 0.349 e. The van der Waals surface area contributed by atoms with Crippen LogP contribution in [0.3, 0.4) is 0 Å². The quantitative estimate of drug-likeness (QED) is 0.565. The average molecular weight is 447 g/mol. The minimum atomic E-state index is -3.81. The number of nitrogens with zero attached hydrogens (tertiary/aromatic N) is 1. The Bertz CT molecular complexity index is 1170. The highest BCUT2D eigenvalue weighted by Crippen LogP contribution is 2.24. The van der Waals surface area contributed by atoms with Crippen molar-refractivity contribution in [2.24, 2.45) is 0 Å². The van der Waals surface area contributed by atoms with E-state index in [1.165, 1.54) is 49.5 Å². The minimum absolute atomic E-state index is 0.0317. The van der Waals surface area contributed by atoms with Crippen molar-refractivity contribution in [1.82, 2.24) is 4.31 Å². The Labute approximate surface area is 178 Å². The van der Waals surface area contributed by atoms with E-state index in [0.717, 1.165) is 22.5 Å². The normalized spacial score (nSPS) is 12.5. The molecule has 3 aromatic carbocycles. The van der Waals surface area contributed by atoms with Crippen LogP contribution >= 0.6 is 0 Å². The van der Waals surface area contributed by atoms with Gasteiger partial charge in [-0.1, -0.05) is 24.3 Å². The van der Waals surface area contributed by atoms with E-state index < -0.39 is 33.7 Å². The van der Waals surface area contributed by atoms with Crippen LogP contribution in [0.1, 0.15) is 17.2 Å². The molecule has 3 rings (SSSR count). The number of halogens is 2. The van der Waals surface area contributed by atoms with Crippen molar-refractivity contribution in [3.63, 3.8) is 0 Å². The largest absolute Gasteiger partial charge is 0.478 e. The van der Waals surface area contributed by atoms with E-state index >= 15 is 0 Å². The predicted octanol–water partition coefficient (Wildman–Crippen LogP) is 3.99. The maximum atomic E-state index is 13.4. The Morgan fingerprint density at radius 2 is 1.65 bits per heavy atom. The zero-order chi connectivity index (χ0) is 22.6. The molecular weight excluding hydrogens is 428 g/mol. The number of carbonyl (C=O) groups is 1. The van der Waals surface area contributed by atoms with Gasteiger partial charge < -0.3 is 9.84 Å². The predicted molar refractivity (Wildman–Crippen MR) is 109 cm³/mol. The monoisotopic (exact) mass is 447 g/mol. The molecule has 0 radical (unpaired) electrons. The van der Waals surface area contributed by atoms with Crippen LogP contribution in [0.25, 0.3) is 0 Å². The van der Waals surface area contributed by atoms with Crippen LogP contribution in [0, 0.1) is 11.6 Å².